The van der Waals surface area contributed by atoms with Gasteiger partial charge in [0.05, 0.1) is 13.2 Å². The van der Waals surface area contributed by atoms with Gasteiger partial charge >= 0.3 is 11.9 Å². The summed E-state index contributed by atoms with van der Waals surface area (Å²) in [6, 6.07) is 0. The molecule has 5 nitrogen and oxygen atoms in total. The summed E-state index contributed by atoms with van der Waals surface area (Å²) < 4.78 is 9.60. The largest absolute Gasteiger partial charge is 0.462 e. The SMILES string of the molecule is CCCCCNC=C(C(=O)OCC)C(=O)OCC. The third kappa shape index (κ3) is 6.93. The standard InChI is InChI=1S/C13H23NO4/c1-4-7-8-9-14-10-11(12(15)17-5-2)13(16)18-6-3/h10,14H,4-9H2,1-3H3. The predicted molar refractivity (Wildman–Crippen MR) is 68.9 cm³/mol. The van der Waals surface area contributed by atoms with Gasteiger partial charge in [-0.3, -0.25) is 0 Å². The van der Waals surface area contributed by atoms with E-state index in [2.05, 4.69) is 12.2 Å². The first-order valence-corrected chi connectivity index (χ1v) is 6.45. The lowest BCUT2D eigenvalue weighted by atomic mass is 10.2. The summed E-state index contributed by atoms with van der Waals surface area (Å²) in [7, 11) is 0. The van der Waals surface area contributed by atoms with Crippen molar-refractivity contribution in [2.24, 2.45) is 0 Å². The summed E-state index contributed by atoms with van der Waals surface area (Å²) in [5.74, 6) is -1.31. The summed E-state index contributed by atoms with van der Waals surface area (Å²) >= 11 is 0. The summed E-state index contributed by atoms with van der Waals surface area (Å²) in [4.78, 5) is 23.1. The summed E-state index contributed by atoms with van der Waals surface area (Å²) in [6.07, 6.45) is 4.60. The smallest absolute Gasteiger partial charge is 0.347 e. The van der Waals surface area contributed by atoms with Gasteiger partial charge in [0.15, 0.2) is 5.57 Å². The lowest BCUT2D eigenvalue weighted by molar-refractivity contribution is -0.146. The number of nitrogens with one attached hydrogen (secondary N) is 1. The fraction of sp³-hybridized carbons (Fsp3) is 0.692. The van der Waals surface area contributed by atoms with Crippen molar-refractivity contribution in [3.8, 4) is 0 Å². The molecule has 5 heteroatoms. The normalized spacial score (nSPS) is 9.50. The van der Waals surface area contributed by atoms with Crippen LogP contribution in [0.3, 0.4) is 0 Å². The molecular weight excluding hydrogens is 234 g/mol. The van der Waals surface area contributed by atoms with E-state index in [0.717, 1.165) is 25.8 Å². The number of hydrogen-bond acceptors (Lipinski definition) is 5. The number of hydrogen-bond donors (Lipinski definition) is 1. The van der Waals surface area contributed by atoms with Gasteiger partial charge in [-0.25, -0.2) is 9.59 Å². The van der Waals surface area contributed by atoms with Crippen LogP contribution >= 0.6 is 0 Å². The first-order chi connectivity index (χ1) is 8.67. The minimum Gasteiger partial charge on any atom is -0.462 e. The first-order valence-electron chi connectivity index (χ1n) is 6.45. The van der Waals surface area contributed by atoms with E-state index in [0.29, 0.717) is 0 Å². The fourth-order valence-electron chi connectivity index (χ4n) is 1.27. The molecule has 0 aliphatic carbocycles. The molecule has 0 fully saturated rings. The zero-order valence-electron chi connectivity index (χ0n) is 11.5. The monoisotopic (exact) mass is 257 g/mol. The highest BCUT2D eigenvalue weighted by Gasteiger charge is 2.20. The van der Waals surface area contributed by atoms with Crippen molar-refractivity contribution in [3.05, 3.63) is 11.8 Å². The molecule has 0 aromatic carbocycles. The van der Waals surface area contributed by atoms with E-state index < -0.39 is 11.9 Å². The molecule has 0 radical (unpaired) electrons. The Labute approximate surface area is 109 Å². The van der Waals surface area contributed by atoms with Crippen LogP contribution in [-0.4, -0.2) is 31.7 Å². The fourth-order valence-corrected chi connectivity index (χ4v) is 1.27. The Morgan fingerprint density at radius 2 is 1.56 bits per heavy atom. The number of esters is 2. The van der Waals surface area contributed by atoms with Crippen LogP contribution in [0.5, 0.6) is 0 Å². The van der Waals surface area contributed by atoms with E-state index in [1.165, 1.54) is 6.20 Å². The molecule has 1 N–H and O–H groups in total. The Morgan fingerprint density at radius 3 is 2.00 bits per heavy atom. The molecule has 0 rings (SSSR count). The minimum atomic E-state index is -0.654. The maximum Gasteiger partial charge on any atom is 0.347 e. The van der Waals surface area contributed by atoms with E-state index in [1.807, 2.05) is 0 Å². The van der Waals surface area contributed by atoms with E-state index in [-0.39, 0.29) is 18.8 Å². The average Bonchev–Trinajstić information content (AvgIpc) is 2.34. The van der Waals surface area contributed by atoms with Gasteiger partial charge in [-0.1, -0.05) is 19.8 Å². The van der Waals surface area contributed by atoms with Gasteiger partial charge in [0.1, 0.15) is 0 Å². The van der Waals surface area contributed by atoms with Crippen molar-refractivity contribution in [3.63, 3.8) is 0 Å². The second-order valence-corrected chi connectivity index (χ2v) is 3.66. The molecule has 0 heterocycles. The van der Waals surface area contributed by atoms with Gasteiger partial charge in [0.2, 0.25) is 0 Å². The van der Waals surface area contributed by atoms with Gasteiger partial charge < -0.3 is 14.8 Å². The zero-order valence-corrected chi connectivity index (χ0v) is 11.5. The lowest BCUT2D eigenvalue weighted by Crippen LogP contribution is -2.21. The van der Waals surface area contributed by atoms with Gasteiger partial charge in [-0.05, 0) is 20.3 Å². The van der Waals surface area contributed by atoms with Crippen molar-refractivity contribution in [2.75, 3.05) is 19.8 Å². The van der Waals surface area contributed by atoms with Crippen LogP contribution in [-0.2, 0) is 19.1 Å². The Kier molecular flexibility index (Phi) is 9.73. The number of ether oxygens (including phenoxy) is 2. The van der Waals surface area contributed by atoms with Crippen molar-refractivity contribution in [1.82, 2.24) is 5.32 Å². The highest BCUT2D eigenvalue weighted by atomic mass is 16.6. The van der Waals surface area contributed by atoms with Gasteiger partial charge in [0.25, 0.3) is 0 Å². The van der Waals surface area contributed by atoms with Crippen LogP contribution < -0.4 is 5.32 Å². The molecule has 18 heavy (non-hydrogen) atoms. The molecule has 0 spiro atoms. The van der Waals surface area contributed by atoms with Gasteiger partial charge in [-0.15, -0.1) is 0 Å². The van der Waals surface area contributed by atoms with E-state index in [1.54, 1.807) is 13.8 Å². The summed E-state index contributed by atoms with van der Waals surface area (Å²) in [5.41, 5.74) is -0.0878. The third-order valence-electron chi connectivity index (χ3n) is 2.16. The first kappa shape index (κ1) is 16.5. The number of rotatable bonds is 9. The quantitative estimate of drug-likeness (QED) is 0.224. The maximum absolute atomic E-state index is 11.5. The molecular formula is C13H23NO4. The Balaban J connectivity index is 4.40. The number of carbonyl (C=O) groups is 2. The van der Waals surface area contributed by atoms with Crippen molar-refractivity contribution < 1.29 is 19.1 Å². The molecule has 104 valence electrons. The molecule has 0 aliphatic heterocycles. The van der Waals surface area contributed by atoms with Crippen LogP contribution in [0.15, 0.2) is 11.8 Å². The Hall–Kier alpha value is -1.52. The van der Waals surface area contributed by atoms with Crippen LogP contribution in [0.4, 0.5) is 0 Å². The molecule has 0 saturated heterocycles. The van der Waals surface area contributed by atoms with Crippen molar-refractivity contribution in [2.45, 2.75) is 40.0 Å². The minimum absolute atomic E-state index is 0.0878. The highest BCUT2D eigenvalue weighted by molar-refractivity contribution is 6.13. The zero-order chi connectivity index (χ0) is 13.8. The van der Waals surface area contributed by atoms with E-state index in [4.69, 9.17) is 9.47 Å². The van der Waals surface area contributed by atoms with Crippen molar-refractivity contribution >= 4 is 11.9 Å². The number of unbranched alkanes of at least 4 members (excludes halogenated alkanes) is 2. The molecule has 0 aromatic heterocycles. The summed E-state index contributed by atoms with van der Waals surface area (Å²) in [5, 5.41) is 2.94. The molecule has 0 amide bonds. The average molecular weight is 257 g/mol. The van der Waals surface area contributed by atoms with E-state index in [9.17, 15) is 9.59 Å². The molecule has 0 saturated carbocycles. The van der Waals surface area contributed by atoms with E-state index >= 15 is 0 Å². The molecule has 0 bridgehead atoms. The van der Waals surface area contributed by atoms with Crippen LogP contribution in [0, 0.1) is 0 Å². The van der Waals surface area contributed by atoms with Gasteiger partial charge in [0, 0.05) is 12.7 Å². The Morgan fingerprint density at radius 1 is 1.00 bits per heavy atom. The highest BCUT2D eigenvalue weighted by Crippen LogP contribution is 2.01. The molecule has 0 aromatic rings. The van der Waals surface area contributed by atoms with Crippen LogP contribution in [0.25, 0.3) is 0 Å². The predicted octanol–water partition coefficient (Wildman–Crippen LogP) is 1.78. The Bertz CT molecular complexity index is 267. The second kappa shape index (κ2) is 10.6. The molecule has 0 aliphatic rings. The number of carbonyl (C=O) groups excluding carboxylic acids is 2. The third-order valence-corrected chi connectivity index (χ3v) is 2.16. The topological polar surface area (TPSA) is 64.6 Å². The lowest BCUT2D eigenvalue weighted by Gasteiger charge is -2.07. The molecule has 0 atom stereocenters. The van der Waals surface area contributed by atoms with Gasteiger partial charge in [-0.2, -0.15) is 0 Å². The van der Waals surface area contributed by atoms with Crippen LogP contribution in [0.1, 0.15) is 40.0 Å². The second-order valence-electron chi connectivity index (χ2n) is 3.66. The molecule has 0 unspecified atom stereocenters. The van der Waals surface area contributed by atoms with Crippen molar-refractivity contribution in [1.29, 1.82) is 0 Å². The summed E-state index contributed by atoms with van der Waals surface area (Å²) in [6.45, 7) is 6.66. The maximum atomic E-state index is 11.5. The van der Waals surface area contributed by atoms with Crippen LogP contribution in [0.2, 0.25) is 0 Å².